The number of rotatable bonds is 3. The third-order valence-corrected chi connectivity index (χ3v) is 2.95. The van der Waals surface area contributed by atoms with E-state index in [9.17, 15) is 9.59 Å². The van der Waals surface area contributed by atoms with Gasteiger partial charge >= 0.3 is 0 Å². The van der Waals surface area contributed by atoms with Crippen LogP contribution >= 0.6 is 0 Å². The van der Waals surface area contributed by atoms with Crippen LogP contribution in [0.3, 0.4) is 0 Å². The summed E-state index contributed by atoms with van der Waals surface area (Å²) in [5, 5.41) is 8.98. The number of carbonyl (C=O) groups excluding carboxylic acids is 2. The molecule has 3 atom stereocenters. The van der Waals surface area contributed by atoms with Crippen LogP contribution in [0.1, 0.15) is 19.8 Å². The van der Waals surface area contributed by atoms with Gasteiger partial charge in [0, 0.05) is 0 Å². The second kappa shape index (κ2) is 2.80. The number of aliphatic hydroxyl groups is 1. The van der Waals surface area contributed by atoms with Crippen LogP contribution in [-0.2, 0) is 9.59 Å². The Morgan fingerprint density at radius 3 is 2.38 bits per heavy atom. The van der Waals surface area contributed by atoms with Gasteiger partial charge in [0.15, 0.2) is 0 Å². The second-order valence-electron chi connectivity index (χ2n) is 3.74. The van der Waals surface area contributed by atoms with E-state index < -0.39 is 0 Å². The molecule has 2 aliphatic rings. The summed E-state index contributed by atoms with van der Waals surface area (Å²) in [6.07, 6.45) is 1.36. The fraction of sp³-hybridized carbons (Fsp3) is 0.778. The van der Waals surface area contributed by atoms with Gasteiger partial charge in [0.25, 0.3) is 0 Å². The summed E-state index contributed by atoms with van der Waals surface area (Å²) in [5.41, 5.74) is 0. The lowest BCUT2D eigenvalue weighted by Gasteiger charge is -2.24. The molecule has 2 fully saturated rings. The van der Waals surface area contributed by atoms with Crippen molar-refractivity contribution in [2.24, 2.45) is 11.8 Å². The van der Waals surface area contributed by atoms with E-state index in [1.165, 1.54) is 4.90 Å². The highest BCUT2D eigenvalue weighted by molar-refractivity contribution is 6.09. The molecule has 1 aliphatic carbocycles. The van der Waals surface area contributed by atoms with Gasteiger partial charge in [-0.15, -0.1) is 0 Å². The Balaban J connectivity index is 2.15. The van der Waals surface area contributed by atoms with Crippen molar-refractivity contribution in [2.45, 2.75) is 25.8 Å². The van der Waals surface area contributed by atoms with Crippen LogP contribution in [0.15, 0.2) is 0 Å². The maximum absolute atomic E-state index is 11.5. The first kappa shape index (κ1) is 8.69. The molecule has 0 radical (unpaired) electrons. The van der Waals surface area contributed by atoms with Gasteiger partial charge in [0.1, 0.15) is 0 Å². The fourth-order valence-electron chi connectivity index (χ4n) is 1.96. The van der Waals surface area contributed by atoms with Crippen molar-refractivity contribution in [3.8, 4) is 0 Å². The number of hydrogen-bond donors (Lipinski definition) is 1. The molecule has 2 amide bonds. The Labute approximate surface area is 76.5 Å². The number of imide groups is 1. The third-order valence-electron chi connectivity index (χ3n) is 2.95. The first-order chi connectivity index (χ1) is 6.20. The summed E-state index contributed by atoms with van der Waals surface area (Å²) in [4.78, 5) is 24.3. The number of aliphatic hydroxyl groups excluding tert-OH is 1. The summed E-state index contributed by atoms with van der Waals surface area (Å²) in [5.74, 6) is -0.243. The number of likely N-dealkylation sites (tertiary alicyclic amines) is 1. The van der Waals surface area contributed by atoms with Crippen LogP contribution in [0.5, 0.6) is 0 Å². The Morgan fingerprint density at radius 2 is 2.00 bits per heavy atom. The molecule has 0 spiro atoms. The molecule has 1 N–H and O–H groups in total. The number of nitrogens with zero attached hydrogens (tertiary/aromatic N) is 1. The van der Waals surface area contributed by atoms with E-state index >= 15 is 0 Å². The molecule has 13 heavy (non-hydrogen) atoms. The number of carbonyl (C=O) groups is 2. The molecule has 0 aromatic carbocycles. The number of piperidine rings is 1. The van der Waals surface area contributed by atoms with Crippen molar-refractivity contribution in [3.63, 3.8) is 0 Å². The smallest absolute Gasteiger partial charge is 0.233 e. The highest BCUT2D eigenvalue weighted by Crippen LogP contribution is 2.47. The van der Waals surface area contributed by atoms with Gasteiger partial charge in [-0.05, 0) is 12.8 Å². The van der Waals surface area contributed by atoms with E-state index in [0.29, 0.717) is 6.42 Å². The van der Waals surface area contributed by atoms with Crippen molar-refractivity contribution in [1.29, 1.82) is 0 Å². The topological polar surface area (TPSA) is 57.6 Å². The predicted octanol–water partition coefficient (Wildman–Crippen LogP) is -0.238. The largest absolute Gasteiger partial charge is 0.394 e. The number of amides is 2. The van der Waals surface area contributed by atoms with Crippen LogP contribution < -0.4 is 0 Å². The van der Waals surface area contributed by atoms with Crippen LogP contribution in [-0.4, -0.2) is 34.5 Å². The molecule has 4 nitrogen and oxygen atoms in total. The van der Waals surface area contributed by atoms with E-state index in [2.05, 4.69) is 0 Å². The van der Waals surface area contributed by atoms with Crippen LogP contribution in [0, 0.1) is 11.8 Å². The van der Waals surface area contributed by atoms with Crippen LogP contribution in [0.25, 0.3) is 0 Å². The lowest BCUT2D eigenvalue weighted by Crippen LogP contribution is -2.43. The van der Waals surface area contributed by atoms with Crippen molar-refractivity contribution in [2.75, 3.05) is 6.61 Å². The number of hydrogen-bond acceptors (Lipinski definition) is 3. The Bertz CT molecular complexity index is 240. The highest BCUT2D eigenvalue weighted by atomic mass is 16.3. The van der Waals surface area contributed by atoms with E-state index in [-0.39, 0.29) is 36.3 Å². The lowest BCUT2D eigenvalue weighted by atomic mass is 10.2. The second-order valence-corrected chi connectivity index (χ2v) is 3.74. The van der Waals surface area contributed by atoms with E-state index in [1.54, 1.807) is 0 Å². The minimum atomic E-state index is -0.298. The van der Waals surface area contributed by atoms with Gasteiger partial charge in [-0.2, -0.15) is 0 Å². The highest BCUT2D eigenvalue weighted by Gasteiger charge is 2.59. The average molecular weight is 183 g/mol. The minimum absolute atomic E-state index is 0.0481. The Kier molecular flexibility index (Phi) is 1.87. The molecular formula is C9H13NO3. The van der Waals surface area contributed by atoms with Gasteiger partial charge in [0.05, 0.1) is 24.5 Å². The zero-order chi connectivity index (χ0) is 9.59. The van der Waals surface area contributed by atoms with Gasteiger partial charge in [-0.25, -0.2) is 0 Å². The summed E-state index contributed by atoms with van der Waals surface area (Å²) in [6, 6.07) is -0.298. The molecule has 1 aliphatic heterocycles. The zero-order valence-electron chi connectivity index (χ0n) is 7.56. The van der Waals surface area contributed by atoms with E-state index in [0.717, 1.165) is 6.42 Å². The monoisotopic (exact) mass is 183 g/mol. The first-order valence-corrected chi connectivity index (χ1v) is 4.68. The maximum atomic E-state index is 11.5. The molecule has 0 aromatic rings. The predicted molar refractivity (Wildman–Crippen MR) is 44.6 cm³/mol. The first-order valence-electron chi connectivity index (χ1n) is 4.68. The molecule has 0 bridgehead atoms. The summed E-state index contributed by atoms with van der Waals surface area (Å²) < 4.78 is 0. The van der Waals surface area contributed by atoms with Crippen molar-refractivity contribution >= 4 is 11.8 Å². The Morgan fingerprint density at radius 1 is 1.46 bits per heavy atom. The third kappa shape index (κ3) is 1.09. The van der Waals surface area contributed by atoms with Crippen LogP contribution in [0.4, 0.5) is 0 Å². The van der Waals surface area contributed by atoms with E-state index in [4.69, 9.17) is 5.11 Å². The fourth-order valence-corrected chi connectivity index (χ4v) is 1.96. The molecule has 0 aromatic heterocycles. The number of fused-ring (bicyclic) bond motifs is 1. The van der Waals surface area contributed by atoms with Crippen molar-refractivity contribution in [1.82, 2.24) is 4.90 Å². The van der Waals surface area contributed by atoms with E-state index in [1.807, 2.05) is 6.92 Å². The van der Waals surface area contributed by atoms with Crippen molar-refractivity contribution < 1.29 is 14.7 Å². The quantitative estimate of drug-likeness (QED) is 0.614. The standard InChI is InChI=1S/C9H13NO3/c1-2-5(4-11)10-8(12)6-3-7(6)9(10)13/h5-7,11H,2-4H2,1H3. The van der Waals surface area contributed by atoms with Gasteiger partial charge in [-0.1, -0.05) is 6.92 Å². The molecule has 2 rings (SSSR count). The SMILES string of the molecule is CCC(CO)N1C(=O)C2CC2C1=O. The van der Waals surface area contributed by atoms with Gasteiger partial charge < -0.3 is 5.11 Å². The zero-order valence-corrected chi connectivity index (χ0v) is 7.56. The maximum Gasteiger partial charge on any atom is 0.233 e. The molecular weight excluding hydrogens is 170 g/mol. The van der Waals surface area contributed by atoms with Crippen LogP contribution in [0.2, 0.25) is 0 Å². The Hall–Kier alpha value is -0.900. The summed E-state index contributed by atoms with van der Waals surface area (Å²) >= 11 is 0. The summed E-state index contributed by atoms with van der Waals surface area (Å²) in [7, 11) is 0. The molecule has 4 heteroatoms. The normalized spacial score (nSPS) is 33.5. The van der Waals surface area contributed by atoms with Gasteiger partial charge in [0.2, 0.25) is 11.8 Å². The van der Waals surface area contributed by atoms with Crippen molar-refractivity contribution in [3.05, 3.63) is 0 Å². The molecule has 1 saturated carbocycles. The molecule has 1 saturated heterocycles. The lowest BCUT2D eigenvalue weighted by molar-refractivity contribution is -0.145. The minimum Gasteiger partial charge on any atom is -0.394 e. The molecule has 3 unspecified atom stereocenters. The summed E-state index contributed by atoms with van der Waals surface area (Å²) in [6.45, 7) is 1.75. The average Bonchev–Trinajstić information content (AvgIpc) is 2.86. The molecule has 1 heterocycles. The van der Waals surface area contributed by atoms with Gasteiger partial charge in [-0.3, -0.25) is 14.5 Å². The molecule has 72 valence electrons.